The largest absolute Gasteiger partial charge is 0.519 e. The van der Waals surface area contributed by atoms with Crippen molar-refractivity contribution in [1.82, 2.24) is 0 Å². The van der Waals surface area contributed by atoms with Gasteiger partial charge < -0.3 is 4.43 Å². The Bertz CT molecular complexity index is 238. The fraction of sp³-hybridized carbons (Fsp3) is 0.800. The topological polar surface area (TPSA) is 43.4 Å². The number of ketones is 1. The molecule has 4 heteroatoms. The van der Waals surface area contributed by atoms with Crippen molar-refractivity contribution in [1.29, 1.82) is 0 Å². The first-order valence-electron chi connectivity index (χ1n) is 4.77. The Morgan fingerprint density at radius 3 is 1.93 bits per heavy atom. The Morgan fingerprint density at radius 1 is 1.21 bits per heavy atom. The zero-order chi connectivity index (χ0) is 11.6. The van der Waals surface area contributed by atoms with Crippen LogP contribution in [0, 0.1) is 0 Å². The molecule has 0 aliphatic carbocycles. The van der Waals surface area contributed by atoms with E-state index in [4.69, 9.17) is 4.43 Å². The fourth-order valence-electron chi connectivity index (χ4n) is 0.677. The van der Waals surface area contributed by atoms with Gasteiger partial charge in [0.25, 0.3) is 14.3 Å². The number of hydrogen-bond acceptors (Lipinski definition) is 3. The van der Waals surface area contributed by atoms with Gasteiger partial charge in [0.1, 0.15) is 12.2 Å². The van der Waals surface area contributed by atoms with E-state index >= 15 is 0 Å². The van der Waals surface area contributed by atoms with Crippen LogP contribution in [0.3, 0.4) is 0 Å². The van der Waals surface area contributed by atoms with Crippen LogP contribution in [-0.2, 0) is 14.0 Å². The fourth-order valence-corrected chi connectivity index (χ4v) is 1.62. The lowest BCUT2D eigenvalue weighted by atomic mass is 10.2. The molecule has 0 rings (SSSR count). The van der Waals surface area contributed by atoms with Crippen molar-refractivity contribution < 1.29 is 14.0 Å². The van der Waals surface area contributed by atoms with Crippen molar-refractivity contribution in [2.45, 2.75) is 52.2 Å². The van der Waals surface area contributed by atoms with Gasteiger partial charge >= 0.3 is 0 Å². The third-order valence-corrected chi connectivity index (χ3v) is 6.92. The third kappa shape index (κ3) is 4.04. The Balaban J connectivity index is 4.37. The summed E-state index contributed by atoms with van der Waals surface area (Å²) < 4.78 is 5.39. The number of carbonyl (C=O) groups excluding carboxylic acids is 2. The predicted molar refractivity (Wildman–Crippen MR) is 58.6 cm³/mol. The summed E-state index contributed by atoms with van der Waals surface area (Å²) in [6.45, 7) is 11.5. The molecule has 0 aliphatic rings. The second-order valence-electron chi connectivity index (χ2n) is 5.11. The molecule has 0 bridgehead atoms. The Morgan fingerprint density at radius 2 is 1.64 bits per heavy atom. The van der Waals surface area contributed by atoms with Crippen LogP contribution in [0.2, 0.25) is 18.1 Å². The number of Topliss-reactive ketones (excluding diaryl/α,β-unsaturated/α-hetero) is 1. The van der Waals surface area contributed by atoms with Crippen molar-refractivity contribution in [2.75, 3.05) is 0 Å². The highest BCUT2D eigenvalue weighted by molar-refractivity contribution is 6.75. The second-order valence-corrected chi connectivity index (χ2v) is 9.84. The van der Waals surface area contributed by atoms with Crippen LogP contribution in [-0.4, -0.2) is 20.1 Å². The van der Waals surface area contributed by atoms with Crippen molar-refractivity contribution in [3.8, 4) is 0 Å². The second kappa shape index (κ2) is 4.25. The lowest BCUT2D eigenvalue weighted by Gasteiger charge is -2.35. The summed E-state index contributed by atoms with van der Waals surface area (Å²) in [5.74, 6) is -0.530. The van der Waals surface area contributed by atoms with Crippen LogP contribution < -0.4 is 0 Å². The summed E-state index contributed by atoms with van der Waals surface area (Å²) in [6, 6.07) is 0. The molecule has 0 amide bonds. The molecule has 0 spiro atoms. The highest BCUT2D eigenvalue weighted by Gasteiger charge is 2.40. The normalized spacial score (nSPS) is 12.4. The quantitative estimate of drug-likeness (QED) is 0.538. The Kier molecular flexibility index (Phi) is 4.06. The highest BCUT2D eigenvalue weighted by Crippen LogP contribution is 2.36. The number of carbonyl (C=O) groups is 2. The monoisotopic (exact) mass is 216 g/mol. The van der Waals surface area contributed by atoms with Crippen molar-refractivity contribution in [3.63, 3.8) is 0 Å². The molecular weight excluding hydrogens is 196 g/mol. The predicted octanol–water partition coefficient (Wildman–Crippen LogP) is 2.51. The van der Waals surface area contributed by atoms with E-state index < -0.39 is 8.32 Å². The van der Waals surface area contributed by atoms with Gasteiger partial charge in [-0.05, 0) is 25.1 Å². The van der Waals surface area contributed by atoms with Crippen LogP contribution in [0.25, 0.3) is 0 Å². The maximum atomic E-state index is 11.3. The summed E-state index contributed by atoms with van der Waals surface area (Å²) in [5, 5.41) is -0.000547. The molecule has 0 saturated heterocycles. The van der Waals surface area contributed by atoms with Gasteiger partial charge in [-0.15, -0.1) is 0 Å². The van der Waals surface area contributed by atoms with E-state index in [0.29, 0.717) is 0 Å². The first-order chi connectivity index (χ1) is 6.06. The maximum absolute atomic E-state index is 11.3. The lowest BCUT2D eigenvalue weighted by molar-refractivity contribution is -0.138. The van der Waals surface area contributed by atoms with Crippen molar-refractivity contribution >= 4 is 20.1 Å². The van der Waals surface area contributed by atoms with Gasteiger partial charge in [-0.25, -0.2) is 0 Å². The summed E-state index contributed by atoms with van der Waals surface area (Å²) in [7, 11) is -2.04. The van der Waals surface area contributed by atoms with Gasteiger partial charge in [-0.1, -0.05) is 20.8 Å². The summed E-state index contributed by atoms with van der Waals surface area (Å²) in [6.07, 6.45) is -0.105. The van der Waals surface area contributed by atoms with Crippen LogP contribution in [0.15, 0.2) is 0 Å². The lowest BCUT2D eigenvalue weighted by Crippen LogP contribution is -2.42. The molecular formula is C10H20O3Si. The minimum absolute atomic E-state index is 0.000547. The van der Waals surface area contributed by atoms with E-state index in [-0.39, 0.29) is 23.2 Å². The SMILES string of the molecule is CC(=O)CC(=O)O[Si](C)(C)C(C)(C)C. The van der Waals surface area contributed by atoms with Gasteiger partial charge in [-0.3, -0.25) is 9.59 Å². The van der Waals surface area contributed by atoms with Gasteiger partial charge in [0, 0.05) is 0 Å². The Hall–Kier alpha value is -0.643. The highest BCUT2D eigenvalue weighted by atomic mass is 28.4. The summed E-state index contributed by atoms with van der Waals surface area (Å²) in [4.78, 5) is 22.0. The molecule has 0 unspecified atom stereocenters. The maximum Gasteiger partial charge on any atom is 0.300 e. The van der Waals surface area contributed by atoms with E-state index in [2.05, 4.69) is 20.8 Å². The van der Waals surface area contributed by atoms with Crippen LogP contribution in [0.5, 0.6) is 0 Å². The third-order valence-electron chi connectivity index (χ3n) is 2.57. The van der Waals surface area contributed by atoms with Crippen molar-refractivity contribution in [3.05, 3.63) is 0 Å². The molecule has 0 aromatic rings. The zero-order valence-electron chi connectivity index (χ0n) is 9.93. The molecule has 14 heavy (non-hydrogen) atoms. The average Bonchev–Trinajstić information content (AvgIpc) is 1.79. The van der Waals surface area contributed by atoms with E-state index in [1.54, 1.807) is 0 Å². The van der Waals surface area contributed by atoms with Crippen LogP contribution in [0.4, 0.5) is 0 Å². The van der Waals surface area contributed by atoms with Crippen molar-refractivity contribution in [2.24, 2.45) is 0 Å². The van der Waals surface area contributed by atoms with Gasteiger partial charge in [-0.2, -0.15) is 0 Å². The van der Waals surface area contributed by atoms with Gasteiger partial charge in [0.2, 0.25) is 0 Å². The molecule has 0 heterocycles. The summed E-state index contributed by atoms with van der Waals surface area (Å²) >= 11 is 0. The molecule has 0 radical (unpaired) electrons. The first-order valence-corrected chi connectivity index (χ1v) is 7.68. The van der Waals surface area contributed by atoms with Crippen LogP contribution >= 0.6 is 0 Å². The van der Waals surface area contributed by atoms with Gasteiger partial charge in [0.05, 0.1) is 0 Å². The smallest absolute Gasteiger partial charge is 0.300 e. The molecule has 0 fully saturated rings. The zero-order valence-corrected chi connectivity index (χ0v) is 10.9. The molecule has 0 atom stereocenters. The minimum atomic E-state index is -2.04. The van der Waals surface area contributed by atoms with E-state index in [9.17, 15) is 9.59 Å². The minimum Gasteiger partial charge on any atom is -0.519 e. The molecule has 0 aliphatic heterocycles. The molecule has 82 valence electrons. The number of rotatable bonds is 3. The van der Waals surface area contributed by atoms with E-state index in [1.807, 2.05) is 13.1 Å². The van der Waals surface area contributed by atoms with Crippen LogP contribution in [0.1, 0.15) is 34.1 Å². The first kappa shape index (κ1) is 13.4. The molecule has 3 nitrogen and oxygen atoms in total. The molecule has 0 saturated carbocycles. The molecule has 0 aromatic carbocycles. The van der Waals surface area contributed by atoms with E-state index in [1.165, 1.54) is 6.92 Å². The summed E-state index contributed by atoms with van der Waals surface area (Å²) in [5.41, 5.74) is 0. The number of hydrogen-bond donors (Lipinski definition) is 0. The standard InChI is InChI=1S/C10H20O3Si/c1-8(11)7-9(12)13-14(5,6)10(2,3)4/h7H2,1-6H3. The van der Waals surface area contributed by atoms with E-state index in [0.717, 1.165) is 0 Å². The van der Waals surface area contributed by atoms with Gasteiger partial charge in [0.15, 0.2) is 0 Å². The average molecular weight is 216 g/mol. The Labute approximate surface area is 87.0 Å². The molecule has 0 N–H and O–H groups in total. The molecule has 0 aromatic heterocycles.